The van der Waals surface area contributed by atoms with Crippen LogP contribution in [0.4, 0.5) is 13.2 Å². The molecule has 1 unspecified atom stereocenters. The topological polar surface area (TPSA) is 83.7 Å². The predicted octanol–water partition coefficient (Wildman–Crippen LogP) is 0.516. The fourth-order valence-electron chi connectivity index (χ4n) is 2.62. The molecule has 130 valence electrons. The summed E-state index contributed by atoms with van der Waals surface area (Å²) in [6.45, 7) is 0.545. The molecule has 0 aliphatic carbocycles. The Bertz CT molecular complexity index is 640. The Labute approximate surface area is 136 Å². The first-order valence-electron chi connectivity index (χ1n) is 7.20. The molecule has 0 spiro atoms. The number of benzene rings is 1. The van der Waals surface area contributed by atoms with E-state index in [1.165, 1.54) is 21.9 Å². The second kappa shape index (κ2) is 7.00. The number of hydrogen-bond donors (Lipinski definition) is 1. The van der Waals surface area contributed by atoms with Gasteiger partial charge in [-0.2, -0.15) is 13.2 Å². The van der Waals surface area contributed by atoms with Crippen molar-refractivity contribution in [3.8, 4) is 0 Å². The van der Waals surface area contributed by atoms with Crippen LogP contribution in [0.5, 0.6) is 0 Å². The number of rotatable bonds is 4. The number of carbonyl (C=O) groups excluding carboxylic acids is 3. The average molecular weight is 343 g/mol. The van der Waals surface area contributed by atoms with Crippen LogP contribution in [-0.2, 0) is 15.8 Å². The second-order valence-electron chi connectivity index (χ2n) is 5.35. The molecule has 1 saturated heterocycles. The number of carbonyl (C=O) groups is 3. The molecule has 24 heavy (non-hydrogen) atoms. The minimum absolute atomic E-state index is 0.0998. The molecule has 1 fully saturated rings. The van der Waals surface area contributed by atoms with Crippen LogP contribution in [0.1, 0.15) is 15.9 Å². The van der Waals surface area contributed by atoms with Crippen molar-refractivity contribution < 1.29 is 27.6 Å². The molecule has 1 aliphatic heterocycles. The molecule has 2 amide bonds. The summed E-state index contributed by atoms with van der Waals surface area (Å²) in [5, 5.41) is 0. The average Bonchev–Trinajstić information content (AvgIpc) is 2.54. The van der Waals surface area contributed by atoms with Crippen molar-refractivity contribution in [1.29, 1.82) is 0 Å². The Balaban J connectivity index is 2.12. The maximum atomic E-state index is 13.0. The van der Waals surface area contributed by atoms with E-state index in [-0.39, 0.29) is 26.2 Å². The summed E-state index contributed by atoms with van der Waals surface area (Å²) in [6.07, 6.45) is -4.21. The highest BCUT2D eigenvalue weighted by atomic mass is 19.4. The fourth-order valence-corrected chi connectivity index (χ4v) is 2.62. The number of alkyl halides is 3. The quantitative estimate of drug-likeness (QED) is 0.638. The van der Waals surface area contributed by atoms with Gasteiger partial charge in [0.1, 0.15) is 12.3 Å². The van der Waals surface area contributed by atoms with Crippen LogP contribution in [0.15, 0.2) is 24.3 Å². The molecule has 0 saturated carbocycles. The SMILES string of the molecule is NC(=O)C(C=O)N1CCN(C(=O)c2ccccc2C(F)(F)F)CC1. The van der Waals surface area contributed by atoms with Gasteiger partial charge < -0.3 is 15.4 Å². The Morgan fingerprint density at radius 2 is 1.71 bits per heavy atom. The van der Waals surface area contributed by atoms with Gasteiger partial charge in [0.15, 0.2) is 0 Å². The third-order valence-electron chi connectivity index (χ3n) is 3.88. The van der Waals surface area contributed by atoms with E-state index >= 15 is 0 Å². The Hall–Kier alpha value is -2.42. The van der Waals surface area contributed by atoms with E-state index in [0.717, 1.165) is 12.1 Å². The number of hydrogen-bond acceptors (Lipinski definition) is 4. The number of nitrogens with two attached hydrogens (primary N) is 1. The first-order chi connectivity index (χ1) is 11.3. The van der Waals surface area contributed by atoms with Crippen LogP contribution >= 0.6 is 0 Å². The van der Waals surface area contributed by atoms with Crippen molar-refractivity contribution in [1.82, 2.24) is 9.80 Å². The molecule has 1 aromatic rings. The number of nitrogens with zero attached hydrogens (tertiary/aromatic N) is 2. The number of aldehydes is 1. The third-order valence-corrected chi connectivity index (χ3v) is 3.88. The van der Waals surface area contributed by atoms with Gasteiger partial charge in [0.25, 0.3) is 5.91 Å². The summed E-state index contributed by atoms with van der Waals surface area (Å²) < 4.78 is 39.0. The monoisotopic (exact) mass is 343 g/mol. The van der Waals surface area contributed by atoms with Gasteiger partial charge in [0.05, 0.1) is 11.1 Å². The lowest BCUT2D eigenvalue weighted by Gasteiger charge is -2.36. The van der Waals surface area contributed by atoms with Gasteiger partial charge in [0, 0.05) is 26.2 Å². The van der Waals surface area contributed by atoms with Gasteiger partial charge in [-0.25, -0.2) is 0 Å². The third kappa shape index (κ3) is 3.73. The van der Waals surface area contributed by atoms with Crippen LogP contribution in [-0.4, -0.2) is 60.1 Å². The van der Waals surface area contributed by atoms with Gasteiger partial charge in [-0.05, 0) is 12.1 Å². The Morgan fingerprint density at radius 1 is 1.12 bits per heavy atom. The summed E-state index contributed by atoms with van der Waals surface area (Å²) in [5.41, 5.74) is 3.71. The molecular formula is C15H16F3N3O3. The molecule has 9 heteroatoms. The molecule has 0 radical (unpaired) electrons. The van der Waals surface area contributed by atoms with Gasteiger partial charge >= 0.3 is 6.18 Å². The highest BCUT2D eigenvalue weighted by Crippen LogP contribution is 2.32. The molecule has 1 aliphatic rings. The zero-order chi connectivity index (χ0) is 17.9. The lowest BCUT2D eigenvalue weighted by molar-refractivity contribution is -0.138. The normalized spacial score (nSPS) is 17.4. The van der Waals surface area contributed by atoms with Crippen molar-refractivity contribution in [3.63, 3.8) is 0 Å². The van der Waals surface area contributed by atoms with Gasteiger partial charge in [0.2, 0.25) is 5.91 Å². The van der Waals surface area contributed by atoms with Gasteiger partial charge in [-0.3, -0.25) is 14.5 Å². The molecule has 0 bridgehead atoms. The van der Waals surface area contributed by atoms with Crippen molar-refractivity contribution in [2.24, 2.45) is 5.73 Å². The Morgan fingerprint density at radius 3 is 2.21 bits per heavy atom. The maximum absolute atomic E-state index is 13.0. The van der Waals surface area contributed by atoms with E-state index in [9.17, 15) is 27.6 Å². The molecule has 1 aromatic carbocycles. The minimum atomic E-state index is -4.62. The van der Waals surface area contributed by atoms with E-state index in [4.69, 9.17) is 5.73 Å². The lowest BCUT2D eigenvalue weighted by atomic mass is 10.1. The molecule has 2 rings (SSSR count). The lowest BCUT2D eigenvalue weighted by Crippen LogP contribution is -2.55. The summed E-state index contributed by atoms with van der Waals surface area (Å²) in [4.78, 5) is 37.2. The van der Waals surface area contributed by atoms with E-state index in [2.05, 4.69) is 0 Å². The standard InChI is InChI=1S/C15H16F3N3O3/c16-15(17,18)11-4-2-1-3-10(11)14(24)21-7-5-20(6-8-21)12(9-22)13(19)23/h1-4,9,12H,5-8H2,(H2,19,23). The van der Waals surface area contributed by atoms with E-state index in [0.29, 0.717) is 6.29 Å². The van der Waals surface area contributed by atoms with Crippen molar-refractivity contribution in [3.05, 3.63) is 35.4 Å². The zero-order valence-corrected chi connectivity index (χ0v) is 12.6. The fraction of sp³-hybridized carbons (Fsp3) is 0.400. The molecular weight excluding hydrogens is 327 g/mol. The highest BCUT2D eigenvalue weighted by molar-refractivity contribution is 5.96. The van der Waals surface area contributed by atoms with Crippen LogP contribution in [0.2, 0.25) is 0 Å². The van der Waals surface area contributed by atoms with Crippen LogP contribution in [0.3, 0.4) is 0 Å². The predicted molar refractivity (Wildman–Crippen MR) is 78.0 cm³/mol. The largest absolute Gasteiger partial charge is 0.417 e. The highest BCUT2D eigenvalue weighted by Gasteiger charge is 2.37. The zero-order valence-electron chi connectivity index (χ0n) is 12.6. The minimum Gasteiger partial charge on any atom is -0.368 e. The summed E-state index contributed by atoms with van der Waals surface area (Å²) in [6, 6.07) is 3.49. The van der Waals surface area contributed by atoms with E-state index in [1.807, 2.05) is 0 Å². The summed E-state index contributed by atoms with van der Waals surface area (Å²) in [7, 11) is 0. The van der Waals surface area contributed by atoms with Crippen LogP contribution < -0.4 is 5.73 Å². The van der Waals surface area contributed by atoms with Gasteiger partial charge in [-0.15, -0.1) is 0 Å². The first kappa shape index (κ1) is 17.9. The number of halogens is 3. The molecule has 1 heterocycles. The van der Waals surface area contributed by atoms with Crippen molar-refractivity contribution >= 4 is 18.1 Å². The first-order valence-corrected chi connectivity index (χ1v) is 7.20. The van der Waals surface area contributed by atoms with Crippen molar-refractivity contribution in [2.45, 2.75) is 12.2 Å². The van der Waals surface area contributed by atoms with E-state index in [1.54, 1.807) is 0 Å². The van der Waals surface area contributed by atoms with Crippen LogP contribution in [0.25, 0.3) is 0 Å². The molecule has 6 nitrogen and oxygen atoms in total. The summed E-state index contributed by atoms with van der Waals surface area (Å²) in [5.74, 6) is -1.53. The molecule has 1 atom stereocenters. The summed E-state index contributed by atoms with van der Waals surface area (Å²) >= 11 is 0. The molecule has 2 N–H and O–H groups in total. The van der Waals surface area contributed by atoms with Crippen LogP contribution in [0, 0.1) is 0 Å². The van der Waals surface area contributed by atoms with Crippen molar-refractivity contribution in [2.75, 3.05) is 26.2 Å². The number of amides is 2. The molecule has 0 aromatic heterocycles. The Kier molecular flexibility index (Phi) is 5.23. The number of piperazine rings is 1. The smallest absolute Gasteiger partial charge is 0.368 e. The maximum Gasteiger partial charge on any atom is 0.417 e. The second-order valence-corrected chi connectivity index (χ2v) is 5.35. The van der Waals surface area contributed by atoms with E-state index < -0.39 is 35.2 Å². The number of primary amides is 1. The van der Waals surface area contributed by atoms with Gasteiger partial charge in [-0.1, -0.05) is 12.1 Å².